The average Bonchev–Trinajstić information content (AvgIpc) is 2.65. The highest BCUT2D eigenvalue weighted by molar-refractivity contribution is 5.78. The summed E-state index contributed by atoms with van der Waals surface area (Å²) in [5.74, 6) is 1.05. The molecule has 1 aromatic rings. The third-order valence-electron chi connectivity index (χ3n) is 4.97. The Balaban J connectivity index is 1.93. The number of carbonyl (C=O) groups excluding carboxylic acids is 2. The molecule has 27 heavy (non-hydrogen) atoms. The minimum absolute atomic E-state index is 0.0179. The lowest BCUT2D eigenvalue weighted by Crippen LogP contribution is -2.51. The van der Waals surface area contributed by atoms with Gasteiger partial charge in [-0.3, -0.25) is 4.79 Å². The molecule has 0 bridgehead atoms. The van der Waals surface area contributed by atoms with Gasteiger partial charge in [0.2, 0.25) is 5.91 Å². The van der Waals surface area contributed by atoms with Gasteiger partial charge in [-0.2, -0.15) is 0 Å². The second-order valence-electron chi connectivity index (χ2n) is 7.56. The van der Waals surface area contributed by atoms with Crippen molar-refractivity contribution >= 4 is 12.0 Å². The van der Waals surface area contributed by atoms with Gasteiger partial charge in [-0.15, -0.1) is 6.58 Å². The van der Waals surface area contributed by atoms with Crippen LogP contribution in [0.5, 0.6) is 5.75 Å². The van der Waals surface area contributed by atoms with E-state index in [0.717, 1.165) is 11.3 Å². The lowest BCUT2D eigenvalue weighted by atomic mass is 9.88. The zero-order chi connectivity index (χ0) is 19.4. The number of nitrogens with zero attached hydrogens (tertiary/aromatic N) is 2. The topological polar surface area (TPSA) is 59.1 Å². The highest BCUT2D eigenvalue weighted by Gasteiger charge is 2.41. The van der Waals surface area contributed by atoms with E-state index in [4.69, 9.17) is 9.47 Å². The van der Waals surface area contributed by atoms with Crippen LogP contribution in [0, 0.1) is 11.8 Å². The zero-order valence-corrected chi connectivity index (χ0v) is 16.1. The van der Waals surface area contributed by atoms with E-state index in [1.807, 2.05) is 38.1 Å². The lowest BCUT2D eigenvalue weighted by Gasteiger charge is -2.43. The van der Waals surface area contributed by atoms with Crippen LogP contribution in [0.1, 0.15) is 31.9 Å². The summed E-state index contributed by atoms with van der Waals surface area (Å²) >= 11 is 0. The molecule has 2 heterocycles. The average molecular weight is 372 g/mol. The SMILES string of the molecule is C=CCN1C[C@H]2COc3ccccc3[C@H]2N(C(=O)OCC(C)C)CCC1=O. The number of rotatable bonds is 4. The van der Waals surface area contributed by atoms with Crippen molar-refractivity contribution in [1.29, 1.82) is 0 Å². The number of benzene rings is 1. The summed E-state index contributed by atoms with van der Waals surface area (Å²) in [7, 11) is 0. The molecule has 1 fully saturated rings. The molecule has 0 N–H and O–H groups in total. The fourth-order valence-corrected chi connectivity index (χ4v) is 3.73. The summed E-state index contributed by atoms with van der Waals surface area (Å²) in [5, 5.41) is 0. The molecule has 1 saturated heterocycles. The lowest BCUT2D eigenvalue weighted by molar-refractivity contribution is -0.133. The van der Waals surface area contributed by atoms with Gasteiger partial charge < -0.3 is 19.3 Å². The number of amides is 2. The smallest absolute Gasteiger partial charge is 0.410 e. The van der Waals surface area contributed by atoms with E-state index in [9.17, 15) is 9.59 Å². The largest absolute Gasteiger partial charge is 0.493 e. The van der Waals surface area contributed by atoms with Crippen LogP contribution >= 0.6 is 0 Å². The molecule has 2 amide bonds. The summed E-state index contributed by atoms with van der Waals surface area (Å²) in [5.41, 5.74) is 0.975. The summed E-state index contributed by atoms with van der Waals surface area (Å²) in [6.07, 6.45) is 1.65. The van der Waals surface area contributed by atoms with Crippen LogP contribution in [0.15, 0.2) is 36.9 Å². The van der Waals surface area contributed by atoms with Gasteiger partial charge in [0.1, 0.15) is 5.75 Å². The number of para-hydroxylation sites is 1. The Morgan fingerprint density at radius 3 is 2.93 bits per heavy atom. The fourth-order valence-electron chi connectivity index (χ4n) is 3.73. The summed E-state index contributed by atoms with van der Waals surface area (Å²) in [6.45, 7) is 9.94. The van der Waals surface area contributed by atoms with Crippen molar-refractivity contribution in [1.82, 2.24) is 9.80 Å². The summed E-state index contributed by atoms with van der Waals surface area (Å²) in [4.78, 5) is 29.0. The molecule has 0 aliphatic carbocycles. The molecule has 0 saturated carbocycles. The van der Waals surface area contributed by atoms with Crippen LogP contribution in [0.3, 0.4) is 0 Å². The van der Waals surface area contributed by atoms with Crippen molar-refractivity contribution in [2.75, 3.05) is 32.8 Å². The van der Waals surface area contributed by atoms with Crippen molar-refractivity contribution in [3.05, 3.63) is 42.5 Å². The van der Waals surface area contributed by atoms with Crippen LogP contribution in [-0.4, -0.2) is 54.6 Å². The fraction of sp³-hybridized carbons (Fsp3) is 0.524. The molecule has 3 rings (SSSR count). The number of fused-ring (bicyclic) bond motifs is 3. The maximum atomic E-state index is 12.9. The Labute approximate surface area is 160 Å². The predicted molar refractivity (Wildman–Crippen MR) is 102 cm³/mol. The Morgan fingerprint density at radius 2 is 2.19 bits per heavy atom. The maximum absolute atomic E-state index is 12.9. The summed E-state index contributed by atoms with van der Waals surface area (Å²) < 4.78 is 11.5. The van der Waals surface area contributed by atoms with Crippen molar-refractivity contribution in [2.45, 2.75) is 26.3 Å². The minimum atomic E-state index is -0.361. The van der Waals surface area contributed by atoms with Crippen LogP contribution in [0.2, 0.25) is 0 Å². The van der Waals surface area contributed by atoms with E-state index < -0.39 is 0 Å². The van der Waals surface area contributed by atoms with Crippen molar-refractivity contribution in [3.63, 3.8) is 0 Å². The monoisotopic (exact) mass is 372 g/mol. The van der Waals surface area contributed by atoms with Gasteiger partial charge in [-0.1, -0.05) is 38.1 Å². The van der Waals surface area contributed by atoms with Gasteiger partial charge >= 0.3 is 6.09 Å². The van der Waals surface area contributed by atoms with E-state index in [-0.39, 0.29) is 36.3 Å². The van der Waals surface area contributed by atoms with Gasteiger partial charge in [-0.05, 0) is 12.0 Å². The van der Waals surface area contributed by atoms with Gasteiger partial charge in [-0.25, -0.2) is 4.79 Å². The van der Waals surface area contributed by atoms with Crippen molar-refractivity contribution in [3.8, 4) is 5.75 Å². The minimum Gasteiger partial charge on any atom is -0.493 e. The molecule has 2 atom stereocenters. The maximum Gasteiger partial charge on any atom is 0.410 e. The second-order valence-corrected chi connectivity index (χ2v) is 7.56. The molecule has 2 aliphatic rings. The van der Waals surface area contributed by atoms with Crippen molar-refractivity contribution in [2.24, 2.45) is 11.8 Å². The van der Waals surface area contributed by atoms with Crippen LogP contribution < -0.4 is 4.74 Å². The van der Waals surface area contributed by atoms with Crippen LogP contribution in [0.4, 0.5) is 4.79 Å². The van der Waals surface area contributed by atoms with E-state index in [1.165, 1.54) is 0 Å². The quantitative estimate of drug-likeness (QED) is 0.762. The van der Waals surface area contributed by atoms with E-state index in [0.29, 0.717) is 32.8 Å². The van der Waals surface area contributed by atoms with Crippen LogP contribution in [-0.2, 0) is 9.53 Å². The predicted octanol–water partition coefficient (Wildman–Crippen LogP) is 3.25. The number of ether oxygens (including phenoxy) is 2. The first-order valence-corrected chi connectivity index (χ1v) is 9.55. The molecule has 6 heteroatoms. The molecule has 0 radical (unpaired) electrons. The van der Waals surface area contributed by atoms with Crippen LogP contribution in [0.25, 0.3) is 0 Å². The van der Waals surface area contributed by atoms with Crippen molar-refractivity contribution < 1.29 is 19.1 Å². The van der Waals surface area contributed by atoms with E-state index in [1.54, 1.807) is 15.9 Å². The van der Waals surface area contributed by atoms with Gasteiger partial charge in [0.25, 0.3) is 0 Å². The van der Waals surface area contributed by atoms with Gasteiger partial charge in [0.15, 0.2) is 0 Å². The molecule has 0 aromatic heterocycles. The molecule has 1 aromatic carbocycles. The third kappa shape index (κ3) is 4.26. The Hall–Kier alpha value is -2.50. The molecular formula is C21H28N2O4. The zero-order valence-electron chi connectivity index (χ0n) is 16.1. The Bertz CT molecular complexity index is 703. The summed E-state index contributed by atoms with van der Waals surface area (Å²) in [6, 6.07) is 7.63. The normalized spacial score (nSPS) is 22.3. The molecule has 6 nitrogen and oxygen atoms in total. The number of carbonyl (C=O) groups is 2. The van der Waals surface area contributed by atoms with Gasteiger partial charge in [0, 0.05) is 37.5 Å². The highest BCUT2D eigenvalue weighted by Crippen LogP contribution is 2.41. The number of hydrogen-bond donors (Lipinski definition) is 0. The Kier molecular flexibility index (Phi) is 6.04. The first-order chi connectivity index (χ1) is 13.0. The molecule has 146 valence electrons. The molecule has 0 spiro atoms. The van der Waals surface area contributed by atoms with Gasteiger partial charge in [0.05, 0.1) is 19.3 Å². The van der Waals surface area contributed by atoms with E-state index >= 15 is 0 Å². The number of hydrogen-bond acceptors (Lipinski definition) is 4. The highest BCUT2D eigenvalue weighted by atomic mass is 16.6. The van der Waals surface area contributed by atoms with E-state index in [2.05, 4.69) is 6.58 Å². The standard InChI is InChI=1S/C21H28N2O4/c1-4-10-22-12-16-14-26-18-8-6-5-7-17(18)20(16)23(11-9-19(22)24)21(25)27-13-15(2)3/h4-8,15-16,20H,1,9-14H2,2-3H3/t16-,20-/m0/s1. The molecule has 0 unspecified atom stereocenters. The molecular weight excluding hydrogens is 344 g/mol. The first-order valence-electron chi connectivity index (χ1n) is 9.55. The second kappa shape index (κ2) is 8.46. The third-order valence-corrected chi connectivity index (χ3v) is 4.97. The Morgan fingerprint density at radius 1 is 1.41 bits per heavy atom. The molecule has 2 aliphatic heterocycles. The first kappa shape index (κ1) is 19.3.